The number of benzene rings is 4. The Bertz CT molecular complexity index is 1460. The van der Waals surface area contributed by atoms with Crippen LogP contribution in [0.4, 0.5) is 0 Å². The second-order valence-electron chi connectivity index (χ2n) is 9.14. The van der Waals surface area contributed by atoms with Crippen LogP contribution in [-0.4, -0.2) is 38.5 Å². The molecule has 0 unspecified atom stereocenters. The molecule has 0 fully saturated rings. The third kappa shape index (κ3) is 7.51. The van der Waals surface area contributed by atoms with Gasteiger partial charge in [-0.3, -0.25) is 9.59 Å². The third-order valence-electron chi connectivity index (χ3n) is 6.38. The number of hydrogen-bond acceptors (Lipinski definition) is 7. The van der Waals surface area contributed by atoms with E-state index < -0.39 is 24.5 Å². The minimum atomic E-state index is -0.678. The summed E-state index contributed by atoms with van der Waals surface area (Å²) in [6.45, 7) is 1.18. The molecule has 210 valence electrons. The lowest BCUT2D eigenvalue weighted by Crippen LogP contribution is -2.33. The lowest BCUT2D eigenvalue weighted by atomic mass is 9.99. The standard InChI is InChI=1S/C33H31NO7/c1-22(35)25-14-15-27(29(18-25)38-2)20-40-28-17-16-26(19-30(28)39-3)33(37)41-21-31(36)34-32(23-10-6-4-7-11-23)24-12-8-5-9-13-24/h4-19,32H,20-21H2,1-3H3,(H,34,36). The minimum absolute atomic E-state index is 0.0652. The zero-order valence-corrected chi connectivity index (χ0v) is 23.1. The van der Waals surface area contributed by atoms with Gasteiger partial charge < -0.3 is 24.3 Å². The molecule has 4 rings (SSSR count). The fourth-order valence-corrected chi connectivity index (χ4v) is 4.22. The van der Waals surface area contributed by atoms with Crippen LogP contribution in [0.2, 0.25) is 0 Å². The van der Waals surface area contributed by atoms with Gasteiger partial charge in [-0.15, -0.1) is 0 Å². The molecule has 1 amide bonds. The van der Waals surface area contributed by atoms with Crippen LogP contribution >= 0.6 is 0 Å². The highest BCUT2D eigenvalue weighted by Crippen LogP contribution is 2.31. The van der Waals surface area contributed by atoms with Crippen molar-refractivity contribution in [1.29, 1.82) is 0 Å². The molecule has 41 heavy (non-hydrogen) atoms. The molecule has 0 aliphatic rings. The molecule has 1 N–H and O–H groups in total. The van der Waals surface area contributed by atoms with Crippen molar-refractivity contribution in [3.05, 3.63) is 125 Å². The largest absolute Gasteiger partial charge is 0.496 e. The average molecular weight is 554 g/mol. The van der Waals surface area contributed by atoms with E-state index in [1.165, 1.54) is 33.3 Å². The number of methoxy groups -OCH3 is 2. The fraction of sp³-hybridized carbons (Fsp3) is 0.182. The van der Waals surface area contributed by atoms with E-state index in [1.54, 1.807) is 24.3 Å². The molecule has 4 aromatic carbocycles. The van der Waals surface area contributed by atoms with Gasteiger partial charge in [0.25, 0.3) is 5.91 Å². The molecule has 8 nitrogen and oxygen atoms in total. The maximum atomic E-state index is 12.8. The first-order valence-corrected chi connectivity index (χ1v) is 12.9. The van der Waals surface area contributed by atoms with Gasteiger partial charge in [0.05, 0.1) is 25.8 Å². The Labute approximate surface area is 238 Å². The van der Waals surface area contributed by atoms with E-state index in [0.29, 0.717) is 22.8 Å². The third-order valence-corrected chi connectivity index (χ3v) is 6.38. The van der Waals surface area contributed by atoms with Gasteiger partial charge in [0.15, 0.2) is 23.9 Å². The summed E-state index contributed by atoms with van der Waals surface area (Å²) < 4.78 is 22.0. The first-order valence-electron chi connectivity index (χ1n) is 12.9. The highest BCUT2D eigenvalue weighted by atomic mass is 16.5. The van der Waals surface area contributed by atoms with E-state index in [1.807, 2.05) is 60.7 Å². The van der Waals surface area contributed by atoms with Crippen LogP contribution in [-0.2, 0) is 16.1 Å². The van der Waals surface area contributed by atoms with Gasteiger partial charge in [-0.1, -0.05) is 72.8 Å². The summed E-state index contributed by atoms with van der Waals surface area (Å²) >= 11 is 0. The molecule has 0 bridgehead atoms. The Hall–Kier alpha value is -5.11. The van der Waals surface area contributed by atoms with Crippen LogP contribution in [0.5, 0.6) is 17.2 Å². The zero-order chi connectivity index (χ0) is 29.2. The van der Waals surface area contributed by atoms with E-state index >= 15 is 0 Å². The number of hydrogen-bond donors (Lipinski definition) is 1. The van der Waals surface area contributed by atoms with Gasteiger partial charge in [-0.25, -0.2) is 4.79 Å². The quantitative estimate of drug-likeness (QED) is 0.181. The Morgan fingerprint density at radius 1 is 0.707 bits per heavy atom. The normalized spacial score (nSPS) is 10.5. The second kappa shape index (κ2) is 13.8. The topological polar surface area (TPSA) is 100 Å². The Morgan fingerprint density at radius 3 is 1.88 bits per heavy atom. The smallest absolute Gasteiger partial charge is 0.338 e. The van der Waals surface area contributed by atoms with Crippen LogP contribution in [0.25, 0.3) is 0 Å². The summed E-state index contributed by atoms with van der Waals surface area (Å²) in [6.07, 6.45) is 0. The summed E-state index contributed by atoms with van der Waals surface area (Å²) in [6, 6.07) is 28.5. The molecule has 0 aliphatic carbocycles. The average Bonchev–Trinajstić information content (AvgIpc) is 3.02. The summed E-state index contributed by atoms with van der Waals surface area (Å²) in [5, 5.41) is 2.95. The summed E-state index contributed by atoms with van der Waals surface area (Å²) in [5.74, 6) is 0.0567. The van der Waals surface area contributed by atoms with Gasteiger partial charge in [0, 0.05) is 11.1 Å². The predicted octanol–water partition coefficient (Wildman–Crippen LogP) is 5.55. The lowest BCUT2D eigenvalue weighted by Gasteiger charge is -2.20. The van der Waals surface area contributed by atoms with Gasteiger partial charge in [-0.05, 0) is 42.3 Å². The number of ketones is 1. The van der Waals surface area contributed by atoms with E-state index in [0.717, 1.165) is 16.7 Å². The van der Waals surface area contributed by atoms with Gasteiger partial charge in [0.2, 0.25) is 0 Å². The van der Waals surface area contributed by atoms with E-state index in [2.05, 4.69) is 5.32 Å². The van der Waals surface area contributed by atoms with E-state index in [-0.39, 0.29) is 18.0 Å². The van der Waals surface area contributed by atoms with Crippen LogP contribution < -0.4 is 19.5 Å². The first-order chi connectivity index (χ1) is 19.9. The van der Waals surface area contributed by atoms with Crippen molar-refractivity contribution in [2.75, 3.05) is 20.8 Å². The second-order valence-corrected chi connectivity index (χ2v) is 9.14. The van der Waals surface area contributed by atoms with Crippen molar-refractivity contribution in [2.45, 2.75) is 19.6 Å². The van der Waals surface area contributed by atoms with Crippen molar-refractivity contribution in [1.82, 2.24) is 5.32 Å². The molecule has 0 aromatic heterocycles. The molecular weight excluding hydrogens is 522 g/mol. The molecular formula is C33H31NO7. The summed E-state index contributed by atoms with van der Waals surface area (Å²) in [5.41, 5.74) is 3.29. The SMILES string of the molecule is COc1cc(C(C)=O)ccc1COc1ccc(C(=O)OCC(=O)NC(c2ccccc2)c2ccccc2)cc1OC. The number of esters is 1. The number of carbonyl (C=O) groups is 3. The minimum Gasteiger partial charge on any atom is -0.496 e. The van der Waals surface area contributed by atoms with Crippen LogP contribution in [0.1, 0.15) is 50.4 Å². The van der Waals surface area contributed by atoms with Crippen molar-refractivity contribution >= 4 is 17.7 Å². The number of carbonyl (C=O) groups excluding carboxylic acids is 3. The Balaban J connectivity index is 1.38. The number of Topliss-reactive ketones (excluding diaryl/α,β-unsaturated/α-hetero) is 1. The highest BCUT2D eigenvalue weighted by molar-refractivity contribution is 5.94. The van der Waals surface area contributed by atoms with Gasteiger partial charge in [-0.2, -0.15) is 0 Å². The van der Waals surface area contributed by atoms with Crippen LogP contribution in [0.15, 0.2) is 97.1 Å². The molecule has 0 radical (unpaired) electrons. The molecule has 0 aliphatic heterocycles. The van der Waals surface area contributed by atoms with E-state index in [4.69, 9.17) is 18.9 Å². The summed E-state index contributed by atoms with van der Waals surface area (Å²) in [4.78, 5) is 37.2. The maximum absolute atomic E-state index is 12.8. The molecule has 0 heterocycles. The zero-order valence-electron chi connectivity index (χ0n) is 23.1. The summed E-state index contributed by atoms with van der Waals surface area (Å²) in [7, 11) is 2.98. The Kier molecular flexibility index (Phi) is 9.72. The molecule has 0 atom stereocenters. The van der Waals surface area contributed by atoms with Crippen molar-refractivity contribution < 1.29 is 33.3 Å². The predicted molar refractivity (Wildman–Crippen MR) is 153 cm³/mol. The number of amides is 1. The fourth-order valence-electron chi connectivity index (χ4n) is 4.22. The number of rotatable bonds is 12. The Morgan fingerprint density at radius 2 is 1.29 bits per heavy atom. The van der Waals surface area contributed by atoms with E-state index in [9.17, 15) is 14.4 Å². The lowest BCUT2D eigenvalue weighted by molar-refractivity contribution is -0.124. The number of ether oxygens (including phenoxy) is 4. The molecule has 0 saturated heterocycles. The number of nitrogens with one attached hydrogen (secondary N) is 1. The van der Waals surface area contributed by atoms with Gasteiger partial charge in [0.1, 0.15) is 12.4 Å². The molecule has 8 heteroatoms. The van der Waals surface area contributed by atoms with Gasteiger partial charge >= 0.3 is 5.97 Å². The van der Waals surface area contributed by atoms with Crippen molar-refractivity contribution in [2.24, 2.45) is 0 Å². The molecule has 0 spiro atoms. The first kappa shape index (κ1) is 28.9. The highest BCUT2D eigenvalue weighted by Gasteiger charge is 2.19. The van der Waals surface area contributed by atoms with Crippen molar-refractivity contribution in [3.63, 3.8) is 0 Å². The van der Waals surface area contributed by atoms with Crippen LogP contribution in [0, 0.1) is 0 Å². The monoisotopic (exact) mass is 553 g/mol. The van der Waals surface area contributed by atoms with Crippen molar-refractivity contribution in [3.8, 4) is 17.2 Å². The maximum Gasteiger partial charge on any atom is 0.338 e. The van der Waals surface area contributed by atoms with Crippen LogP contribution in [0.3, 0.4) is 0 Å². The molecule has 0 saturated carbocycles. The molecule has 4 aromatic rings.